The van der Waals surface area contributed by atoms with E-state index in [2.05, 4.69) is 26.0 Å². The van der Waals surface area contributed by atoms with Crippen LogP contribution in [0.4, 0.5) is 0 Å². The molecule has 4 aliphatic carbocycles. The van der Waals surface area contributed by atoms with Crippen LogP contribution in [0.25, 0.3) is 0 Å². The van der Waals surface area contributed by atoms with Gasteiger partial charge in [-0.25, -0.2) is 0 Å². The molecule has 134 valence electrons. The molecule has 0 aromatic carbocycles. The van der Waals surface area contributed by atoms with Gasteiger partial charge in [0.15, 0.2) is 0 Å². The van der Waals surface area contributed by atoms with Crippen molar-refractivity contribution in [3.63, 3.8) is 0 Å². The molecule has 0 aromatic heterocycles. The zero-order valence-electron chi connectivity index (χ0n) is 15.5. The molecule has 3 heteroatoms. The van der Waals surface area contributed by atoms with E-state index in [4.69, 9.17) is 10.5 Å². The number of hydrogen-bond acceptors (Lipinski definition) is 3. The molecule has 2 N–H and O–H groups in total. The van der Waals surface area contributed by atoms with Crippen LogP contribution in [-0.2, 0) is 9.53 Å². The van der Waals surface area contributed by atoms with Crippen LogP contribution in [0, 0.1) is 40.4 Å². The predicted octanol–water partition coefficient (Wildman–Crippen LogP) is 3.92. The highest BCUT2D eigenvalue weighted by Crippen LogP contribution is 2.66. The van der Waals surface area contributed by atoms with Crippen molar-refractivity contribution < 1.29 is 9.53 Å². The van der Waals surface area contributed by atoms with Gasteiger partial charge in [0.2, 0.25) is 0 Å². The summed E-state index contributed by atoms with van der Waals surface area (Å²) in [7, 11) is 1.53. The van der Waals surface area contributed by atoms with Gasteiger partial charge in [-0.1, -0.05) is 26.0 Å². The van der Waals surface area contributed by atoms with Gasteiger partial charge in [-0.05, 0) is 79.4 Å². The molecule has 0 saturated heterocycles. The molecule has 3 unspecified atom stereocenters. The number of fused-ring (bicyclic) bond motifs is 5. The number of carbonyl (C=O) groups is 1. The molecule has 24 heavy (non-hydrogen) atoms. The lowest BCUT2D eigenvalue weighted by Crippen LogP contribution is -2.60. The number of allylic oxidation sites excluding steroid dienone is 2. The molecule has 4 rings (SSSR count). The van der Waals surface area contributed by atoms with Gasteiger partial charge in [-0.2, -0.15) is 0 Å². The molecule has 0 spiro atoms. The minimum Gasteiger partial charge on any atom is -0.469 e. The molecule has 3 nitrogen and oxygen atoms in total. The number of hydrogen-bond donors (Lipinski definition) is 1. The van der Waals surface area contributed by atoms with Crippen molar-refractivity contribution in [1.29, 1.82) is 0 Å². The maximum Gasteiger partial charge on any atom is 0.309 e. The third-order valence-corrected chi connectivity index (χ3v) is 8.70. The first-order valence-electron chi connectivity index (χ1n) is 9.90. The lowest BCUT2D eigenvalue weighted by Gasteiger charge is -2.61. The molecular weight excluding hydrogens is 298 g/mol. The second-order valence-electron chi connectivity index (χ2n) is 9.51. The van der Waals surface area contributed by atoms with E-state index in [1.165, 1.54) is 39.2 Å². The number of methoxy groups -OCH3 is 1. The molecule has 0 heterocycles. The quantitative estimate of drug-likeness (QED) is 0.585. The maximum absolute atomic E-state index is 12.4. The fourth-order valence-corrected chi connectivity index (χ4v) is 7.63. The molecule has 3 fully saturated rings. The lowest BCUT2D eigenvalue weighted by molar-refractivity contribution is -0.155. The minimum atomic E-state index is -0.00820. The highest BCUT2D eigenvalue weighted by atomic mass is 16.5. The van der Waals surface area contributed by atoms with E-state index in [9.17, 15) is 4.79 Å². The van der Waals surface area contributed by atoms with Crippen LogP contribution in [0.3, 0.4) is 0 Å². The number of carbonyl (C=O) groups excluding carboxylic acids is 1. The van der Waals surface area contributed by atoms with Crippen LogP contribution in [0.5, 0.6) is 0 Å². The first kappa shape index (κ1) is 16.6. The van der Waals surface area contributed by atoms with Crippen LogP contribution < -0.4 is 5.73 Å². The van der Waals surface area contributed by atoms with E-state index in [1.54, 1.807) is 0 Å². The first-order chi connectivity index (χ1) is 11.4. The largest absolute Gasteiger partial charge is 0.469 e. The van der Waals surface area contributed by atoms with E-state index < -0.39 is 0 Å². The van der Waals surface area contributed by atoms with Crippen LogP contribution in [-0.4, -0.2) is 19.1 Å². The highest BCUT2D eigenvalue weighted by Gasteiger charge is 2.63. The summed E-state index contributed by atoms with van der Waals surface area (Å²) < 4.78 is 5.14. The molecule has 0 radical (unpaired) electrons. The summed E-state index contributed by atoms with van der Waals surface area (Å²) in [6, 6.07) is 0.223. The minimum absolute atomic E-state index is 0.00820. The van der Waals surface area contributed by atoms with Gasteiger partial charge < -0.3 is 10.5 Å². The predicted molar refractivity (Wildman–Crippen MR) is 95.1 cm³/mol. The summed E-state index contributed by atoms with van der Waals surface area (Å²) in [5, 5.41) is 0. The van der Waals surface area contributed by atoms with Crippen molar-refractivity contribution in [2.45, 2.75) is 64.8 Å². The van der Waals surface area contributed by atoms with Gasteiger partial charge in [0, 0.05) is 6.04 Å². The Morgan fingerprint density at radius 3 is 2.67 bits per heavy atom. The molecule has 4 aliphatic rings. The average molecular weight is 332 g/mol. The van der Waals surface area contributed by atoms with Crippen molar-refractivity contribution >= 4 is 5.97 Å². The van der Waals surface area contributed by atoms with Gasteiger partial charge in [0.25, 0.3) is 0 Å². The van der Waals surface area contributed by atoms with Gasteiger partial charge in [-0.15, -0.1) is 0 Å². The summed E-state index contributed by atoms with van der Waals surface area (Å²) in [5.74, 6) is 2.81. The molecule has 3 saturated carbocycles. The lowest BCUT2D eigenvalue weighted by atomic mass is 9.44. The van der Waals surface area contributed by atoms with Gasteiger partial charge in [0.05, 0.1) is 13.0 Å². The summed E-state index contributed by atoms with van der Waals surface area (Å²) in [5.41, 5.74) is 7.26. The maximum atomic E-state index is 12.4. The van der Waals surface area contributed by atoms with E-state index in [0.29, 0.717) is 23.2 Å². The number of ether oxygens (including phenoxy) is 1. The number of rotatable bonds is 1. The SMILES string of the molecule is COC(=O)C1CC[C@H]2[C@@H]3CCC4CC=CC[C@]4(C)[C@@H]3C(N)C[C@]12C. The smallest absolute Gasteiger partial charge is 0.309 e. The van der Waals surface area contributed by atoms with Gasteiger partial charge in [0.1, 0.15) is 0 Å². The van der Waals surface area contributed by atoms with Gasteiger partial charge in [-0.3, -0.25) is 4.79 Å². The normalized spacial score (nSPS) is 53.0. The first-order valence-corrected chi connectivity index (χ1v) is 9.90. The molecule has 0 aromatic rings. The Kier molecular flexibility index (Phi) is 3.87. The van der Waals surface area contributed by atoms with Crippen molar-refractivity contribution in [3.05, 3.63) is 12.2 Å². The Hall–Kier alpha value is -0.830. The van der Waals surface area contributed by atoms with E-state index in [-0.39, 0.29) is 23.3 Å². The third kappa shape index (κ3) is 2.09. The fourth-order valence-electron chi connectivity index (χ4n) is 7.63. The Morgan fingerprint density at radius 1 is 1.12 bits per heavy atom. The number of esters is 1. The van der Waals surface area contributed by atoms with Crippen LogP contribution in [0.1, 0.15) is 58.8 Å². The summed E-state index contributed by atoms with van der Waals surface area (Å²) in [4.78, 5) is 12.4. The number of nitrogens with two attached hydrogens (primary N) is 1. The second-order valence-corrected chi connectivity index (χ2v) is 9.51. The summed E-state index contributed by atoms with van der Waals surface area (Å²) >= 11 is 0. The van der Waals surface area contributed by atoms with E-state index in [0.717, 1.165) is 18.8 Å². The van der Waals surface area contributed by atoms with Gasteiger partial charge >= 0.3 is 5.97 Å². The summed E-state index contributed by atoms with van der Waals surface area (Å²) in [6.45, 7) is 4.84. The Bertz CT molecular complexity index is 558. The topological polar surface area (TPSA) is 52.3 Å². The second kappa shape index (κ2) is 5.59. The monoisotopic (exact) mass is 331 g/mol. The molecular formula is C21H33NO2. The van der Waals surface area contributed by atoms with Crippen molar-refractivity contribution in [2.24, 2.45) is 46.2 Å². The standard InChI is InChI=1S/C21H33NO2/c1-20-11-5-4-6-13(20)7-8-14-15-9-10-16(19(23)24-3)21(15,2)12-17(22)18(14)20/h4-5,13-18H,6-12,22H2,1-3H3/t13?,14-,15-,16?,17?,18-,20-,21-/m0/s1. The molecule has 0 aliphatic heterocycles. The van der Waals surface area contributed by atoms with E-state index in [1.807, 2.05) is 0 Å². The third-order valence-electron chi connectivity index (χ3n) is 8.70. The van der Waals surface area contributed by atoms with Crippen LogP contribution in [0.2, 0.25) is 0 Å². The molecule has 0 bridgehead atoms. The molecule has 8 atom stereocenters. The Morgan fingerprint density at radius 2 is 1.92 bits per heavy atom. The summed E-state index contributed by atoms with van der Waals surface area (Å²) in [6.07, 6.45) is 13.0. The van der Waals surface area contributed by atoms with Crippen molar-refractivity contribution in [2.75, 3.05) is 7.11 Å². The van der Waals surface area contributed by atoms with Crippen LogP contribution >= 0.6 is 0 Å². The van der Waals surface area contributed by atoms with Crippen molar-refractivity contribution in [3.8, 4) is 0 Å². The zero-order chi connectivity index (χ0) is 17.1. The Labute approximate surface area is 146 Å². The molecule has 0 amide bonds. The average Bonchev–Trinajstić information content (AvgIpc) is 2.89. The Balaban J connectivity index is 1.68. The van der Waals surface area contributed by atoms with Crippen molar-refractivity contribution in [1.82, 2.24) is 0 Å². The zero-order valence-corrected chi connectivity index (χ0v) is 15.5. The van der Waals surface area contributed by atoms with E-state index >= 15 is 0 Å². The van der Waals surface area contributed by atoms with Crippen LogP contribution in [0.15, 0.2) is 12.2 Å². The fraction of sp³-hybridized carbons (Fsp3) is 0.857. The highest BCUT2D eigenvalue weighted by molar-refractivity contribution is 5.73.